The van der Waals surface area contributed by atoms with Crippen LogP contribution in [0.25, 0.3) is 10.2 Å². The minimum absolute atomic E-state index is 0.252. The van der Waals surface area contributed by atoms with Crippen LogP contribution >= 0.6 is 39.0 Å². The number of thioether (sulfide) groups is 1. The van der Waals surface area contributed by atoms with Crippen LogP contribution in [0.15, 0.2) is 39.9 Å². The SMILES string of the molecule is CCn1nccc1C(=O)N=c1sc2cc(Br)ccc2n1CCSC. The third kappa shape index (κ3) is 3.50. The van der Waals surface area contributed by atoms with Crippen LogP contribution in [-0.2, 0) is 13.1 Å². The molecule has 8 heteroatoms. The Morgan fingerprint density at radius 1 is 1.42 bits per heavy atom. The van der Waals surface area contributed by atoms with Crippen molar-refractivity contribution in [1.29, 1.82) is 0 Å². The predicted molar refractivity (Wildman–Crippen MR) is 104 cm³/mol. The summed E-state index contributed by atoms with van der Waals surface area (Å²) in [4.78, 5) is 17.7. The van der Waals surface area contributed by atoms with Crippen LogP contribution in [-0.4, -0.2) is 32.3 Å². The number of aromatic nitrogens is 3. The second-order valence-corrected chi connectivity index (χ2v) is 8.00. The number of halogens is 1. The molecule has 2 aromatic heterocycles. The molecule has 0 N–H and O–H groups in total. The molecule has 126 valence electrons. The highest BCUT2D eigenvalue weighted by atomic mass is 79.9. The highest BCUT2D eigenvalue weighted by Crippen LogP contribution is 2.22. The maximum atomic E-state index is 12.6. The van der Waals surface area contributed by atoms with Gasteiger partial charge in [0, 0.05) is 29.5 Å². The maximum absolute atomic E-state index is 12.6. The summed E-state index contributed by atoms with van der Waals surface area (Å²) in [5, 5.41) is 4.15. The van der Waals surface area contributed by atoms with Crippen LogP contribution in [0.3, 0.4) is 0 Å². The molecule has 0 aliphatic heterocycles. The molecule has 2 heterocycles. The lowest BCUT2D eigenvalue weighted by molar-refractivity contribution is 0.0987. The Morgan fingerprint density at radius 2 is 2.25 bits per heavy atom. The van der Waals surface area contributed by atoms with Crippen LogP contribution in [0.4, 0.5) is 0 Å². The van der Waals surface area contributed by atoms with Gasteiger partial charge in [-0.05, 0) is 37.4 Å². The van der Waals surface area contributed by atoms with Gasteiger partial charge in [-0.15, -0.1) is 0 Å². The van der Waals surface area contributed by atoms with Crippen molar-refractivity contribution < 1.29 is 4.79 Å². The fraction of sp³-hybridized carbons (Fsp3) is 0.312. The summed E-state index contributed by atoms with van der Waals surface area (Å²) >= 11 is 6.82. The average molecular weight is 425 g/mol. The molecule has 3 aromatic rings. The number of thiazole rings is 1. The normalized spacial score (nSPS) is 12.2. The molecular weight excluding hydrogens is 408 g/mol. The van der Waals surface area contributed by atoms with Crippen LogP contribution in [0.2, 0.25) is 0 Å². The summed E-state index contributed by atoms with van der Waals surface area (Å²) in [5.41, 5.74) is 1.63. The molecule has 0 spiro atoms. The smallest absolute Gasteiger partial charge is 0.297 e. The largest absolute Gasteiger partial charge is 0.316 e. The summed E-state index contributed by atoms with van der Waals surface area (Å²) < 4.78 is 5.92. The van der Waals surface area contributed by atoms with Gasteiger partial charge in [0.25, 0.3) is 5.91 Å². The quantitative estimate of drug-likeness (QED) is 0.625. The van der Waals surface area contributed by atoms with E-state index in [1.54, 1.807) is 28.7 Å². The minimum atomic E-state index is -0.252. The van der Waals surface area contributed by atoms with E-state index in [0.717, 1.165) is 31.8 Å². The van der Waals surface area contributed by atoms with Crippen molar-refractivity contribution in [1.82, 2.24) is 14.3 Å². The second kappa shape index (κ2) is 7.67. The molecule has 0 aliphatic rings. The molecule has 0 saturated carbocycles. The lowest BCUT2D eigenvalue weighted by Crippen LogP contribution is -2.19. The number of carbonyl (C=O) groups excluding carboxylic acids is 1. The highest BCUT2D eigenvalue weighted by Gasteiger charge is 2.12. The molecular formula is C16H17BrN4OS2. The number of hydrogen-bond donors (Lipinski definition) is 0. The van der Waals surface area contributed by atoms with Crippen LogP contribution in [0, 0.1) is 0 Å². The number of aryl methyl sites for hydroxylation is 2. The standard InChI is InChI=1S/C16H17BrN4OS2/c1-3-21-13(6-7-18-21)15(22)19-16-20(8-9-23-2)12-5-4-11(17)10-14(12)24-16/h4-7,10H,3,8-9H2,1-2H3. The topological polar surface area (TPSA) is 52.2 Å². The van der Waals surface area contributed by atoms with Gasteiger partial charge in [0.05, 0.1) is 10.2 Å². The number of fused-ring (bicyclic) bond motifs is 1. The summed E-state index contributed by atoms with van der Waals surface area (Å²) in [6.07, 6.45) is 3.71. The molecule has 0 aliphatic carbocycles. The molecule has 3 rings (SSSR count). The average Bonchev–Trinajstić information content (AvgIpc) is 3.16. The number of rotatable bonds is 5. The van der Waals surface area contributed by atoms with E-state index in [2.05, 4.69) is 49.0 Å². The van der Waals surface area contributed by atoms with Crippen molar-refractivity contribution in [2.24, 2.45) is 4.99 Å². The van der Waals surface area contributed by atoms with E-state index in [1.165, 1.54) is 11.3 Å². The highest BCUT2D eigenvalue weighted by molar-refractivity contribution is 9.10. The molecule has 1 amide bonds. The molecule has 0 fully saturated rings. The summed E-state index contributed by atoms with van der Waals surface area (Å²) in [6, 6.07) is 7.86. The number of carbonyl (C=O) groups is 1. The fourth-order valence-electron chi connectivity index (χ4n) is 2.44. The molecule has 0 radical (unpaired) electrons. The zero-order valence-electron chi connectivity index (χ0n) is 13.4. The molecule has 24 heavy (non-hydrogen) atoms. The van der Waals surface area contributed by atoms with E-state index in [4.69, 9.17) is 0 Å². The Hall–Kier alpha value is -1.38. The van der Waals surface area contributed by atoms with E-state index in [9.17, 15) is 4.79 Å². The van der Waals surface area contributed by atoms with E-state index in [-0.39, 0.29) is 5.91 Å². The molecule has 0 atom stereocenters. The third-order valence-corrected chi connectivity index (χ3v) is 5.72. The van der Waals surface area contributed by atoms with Crippen molar-refractivity contribution >= 4 is 55.2 Å². The van der Waals surface area contributed by atoms with Crippen LogP contribution < -0.4 is 4.80 Å². The van der Waals surface area contributed by atoms with E-state index in [0.29, 0.717) is 12.2 Å². The number of benzene rings is 1. The van der Waals surface area contributed by atoms with Crippen molar-refractivity contribution in [2.45, 2.75) is 20.0 Å². The molecule has 0 saturated heterocycles. The first-order valence-electron chi connectivity index (χ1n) is 7.52. The third-order valence-electron chi connectivity index (χ3n) is 3.60. The van der Waals surface area contributed by atoms with Gasteiger partial charge in [-0.25, -0.2) is 0 Å². The van der Waals surface area contributed by atoms with Crippen LogP contribution in [0.5, 0.6) is 0 Å². The van der Waals surface area contributed by atoms with Gasteiger partial charge in [0.15, 0.2) is 4.80 Å². The Labute approximate surface area is 156 Å². The Bertz CT molecular complexity index is 941. The number of amides is 1. The molecule has 5 nitrogen and oxygen atoms in total. The van der Waals surface area contributed by atoms with Gasteiger partial charge >= 0.3 is 0 Å². The monoisotopic (exact) mass is 424 g/mol. The molecule has 1 aromatic carbocycles. The maximum Gasteiger partial charge on any atom is 0.297 e. The first kappa shape index (κ1) is 17.4. The summed E-state index contributed by atoms with van der Waals surface area (Å²) in [5.74, 6) is 0.716. The molecule has 0 bridgehead atoms. The Kier molecular flexibility index (Phi) is 5.57. The fourth-order valence-corrected chi connectivity index (χ4v) is 4.41. The second-order valence-electron chi connectivity index (χ2n) is 5.09. The minimum Gasteiger partial charge on any atom is -0.316 e. The number of hydrogen-bond acceptors (Lipinski definition) is 4. The first-order valence-corrected chi connectivity index (χ1v) is 10.5. The van der Waals surface area contributed by atoms with Crippen molar-refractivity contribution in [3.8, 4) is 0 Å². The Morgan fingerprint density at radius 3 is 3.00 bits per heavy atom. The zero-order chi connectivity index (χ0) is 17.1. The van der Waals surface area contributed by atoms with E-state index in [1.807, 2.05) is 13.0 Å². The van der Waals surface area contributed by atoms with Crippen molar-refractivity contribution in [3.05, 3.63) is 45.4 Å². The van der Waals surface area contributed by atoms with E-state index >= 15 is 0 Å². The van der Waals surface area contributed by atoms with Crippen LogP contribution in [0.1, 0.15) is 17.4 Å². The van der Waals surface area contributed by atoms with Gasteiger partial charge in [-0.3, -0.25) is 9.48 Å². The summed E-state index contributed by atoms with van der Waals surface area (Å²) in [6.45, 7) is 3.43. The predicted octanol–water partition coefficient (Wildman–Crippen LogP) is 3.79. The lowest BCUT2D eigenvalue weighted by Gasteiger charge is -2.04. The molecule has 0 unspecified atom stereocenters. The van der Waals surface area contributed by atoms with Crippen molar-refractivity contribution in [2.75, 3.05) is 12.0 Å². The van der Waals surface area contributed by atoms with Gasteiger partial charge in [-0.2, -0.15) is 21.9 Å². The zero-order valence-corrected chi connectivity index (χ0v) is 16.6. The Balaban J connectivity index is 2.11. The van der Waals surface area contributed by atoms with Gasteiger partial charge < -0.3 is 4.57 Å². The first-order chi connectivity index (χ1) is 11.6. The van der Waals surface area contributed by atoms with E-state index < -0.39 is 0 Å². The van der Waals surface area contributed by atoms with Gasteiger partial charge in [0.2, 0.25) is 0 Å². The summed E-state index contributed by atoms with van der Waals surface area (Å²) in [7, 11) is 0. The van der Waals surface area contributed by atoms with Crippen molar-refractivity contribution in [3.63, 3.8) is 0 Å². The number of nitrogens with zero attached hydrogens (tertiary/aromatic N) is 4. The lowest BCUT2D eigenvalue weighted by atomic mass is 10.3. The van der Waals surface area contributed by atoms with Gasteiger partial charge in [0.1, 0.15) is 5.69 Å². The van der Waals surface area contributed by atoms with Gasteiger partial charge in [-0.1, -0.05) is 27.3 Å².